The molecule has 1 aromatic carbocycles. The quantitative estimate of drug-likeness (QED) is 0.919. The van der Waals surface area contributed by atoms with Crippen LogP contribution in [-0.4, -0.2) is 13.2 Å². The molecule has 3 rings (SSSR count). The van der Waals surface area contributed by atoms with E-state index in [-0.39, 0.29) is 0 Å². The smallest absolute Gasteiger partial charge is 0.124 e. The minimum absolute atomic E-state index is 0.469. The van der Waals surface area contributed by atoms with Crippen molar-refractivity contribution >= 4 is 15.9 Å². The number of benzene rings is 1. The zero-order chi connectivity index (χ0) is 11.7. The normalized spacial score (nSPS) is 23.7. The minimum atomic E-state index is 0.469. The Balaban J connectivity index is 1.71. The highest BCUT2D eigenvalue weighted by atomic mass is 79.9. The predicted molar refractivity (Wildman–Crippen MR) is 72.3 cm³/mol. The van der Waals surface area contributed by atoms with Crippen LogP contribution in [0.1, 0.15) is 37.3 Å². The Morgan fingerprint density at radius 3 is 2.94 bits per heavy atom. The Morgan fingerprint density at radius 1 is 1.29 bits per heavy atom. The summed E-state index contributed by atoms with van der Waals surface area (Å²) in [5.74, 6) is 1.96. The molecule has 1 aliphatic heterocycles. The number of rotatable bonds is 3. The zero-order valence-electron chi connectivity index (χ0n) is 9.92. The predicted octanol–water partition coefficient (Wildman–Crippen LogP) is 3.66. The van der Waals surface area contributed by atoms with Gasteiger partial charge in [-0.2, -0.15) is 0 Å². The second-order valence-electron chi connectivity index (χ2n) is 5.08. The summed E-state index contributed by atoms with van der Waals surface area (Å²) in [6, 6.07) is 6.77. The van der Waals surface area contributed by atoms with E-state index < -0.39 is 0 Å². The fourth-order valence-electron chi connectivity index (χ4n) is 2.58. The molecule has 0 aromatic heterocycles. The van der Waals surface area contributed by atoms with Gasteiger partial charge in [-0.05, 0) is 43.5 Å². The molecule has 92 valence electrons. The van der Waals surface area contributed by atoms with Crippen molar-refractivity contribution in [2.45, 2.75) is 31.7 Å². The van der Waals surface area contributed by atoms with Gasteiger partial charge in [0.05, 0.1) is 6.61 Å². The van der Waals surface area contributed by atoms with E-state index in [4.69, 9.17) is 4.74 Å². The molecule has 2 nitrogen and oxygen atoms in total. The van der Waals surface area contributed by atoms with Gasteiger partial charge in [0.1, 0.15) is 5.75 Å². The van der Waals surface area contributed by atoms with Gasteiger partial charge in [0.25, 0.3) is 0 Å². The summed E-state index contributed by atoms with van der Waals surface area (Å²) in [5, 5.41) is 3.71. The van der Waals surface area contributed by atoms with Crippen LogP contribution in [0.25, 0.3) is 0 Å². The highest BCUT2D eigenvalue weighted by molar-refractivity contribution is 9.10. The fraction of sp³-hybridized carbons (Fsp3) is 0.571. The van der Waals surface area contributed by atoms with E-state index in [1.54, 1.807) is 0 Å². The van der Waals surface area contributed by atoms with Crippen molar-refractivity contribution in [1.29, 1.82) is 0 Å². The van der Waals surface area contributed by atoms with Gasteiger partial charge in [-0.1, -0.05) is 22.4 Å². The summed E-state index contributed by atoms with van der Waals surface area (Å²) in [7, 11) is 0. The molecule has 1 aromatic rings. The number of hydrogen-bond acceptors (Lipinski definition) is 2. The van der Waals surface area contributed by atoms with Crippen LogP contribution in [0.5, 0.6) is 5.75 Å². The molecule has 1 unspecified atom stereocenters. The molecule has 3 heteroatoms. The maximum absolute atomic E-state index is 5.69. The molecule has 17 heavy (non-hydrogen) atoms. The number of hydrogen-bond donors (Lipinski definition) is 1. The molecule has 1 fully saturated rings. The van der Waals surface area contributed by atoms with Gasteiger partial charge in [-0.3, -0.25) is 0 Å². The highest BCUT2D eigenvalue weighted by Crippen LogP contribution is 2.35. The zero-order valence-corrected chi connectivity index (χ0v) is 11.5. The van der Waals surface area contributed by atoms with Crippen molar-refractivity contribution in [3.8, 4) is 5.75 Å². The lowest BCUT2D eigenvalue weighted by molar-refractivity contribution is 0.233. The molecule has 1 saturated carbocycles. The Labute approximate surface area is 111 Å². The van der Waals surface area contributed by atoms with Gasteiger partial charge >= 0.3 is 0 Å². The highest BCUT2D eigenvalue weighted by Gasteiger charge is 2.24. The van der Waals surface area contributed by atoms with E-state index in [1.165, 1.54) is 24.8 Å². The Hall–Kier alpha value is -0.540. The van der Waals surface area contributed by atoms with Crippen LogP contribution in [0.4, 0.5) is 0 Å². The summed E-state index contributed by atoms with van der Waals surface area (Å²) < 4.78 is 6.83. The number of halogens is 1. The first-order valence-corrected chi connectivity index (χ1v) is 7.28. The van der Waals surface area contributed by atoms with Gasteiger partial charge in [0.15, 0.2) is 0 Å². The lowest BCUT2D eigenvalue weighted by atomic mass is 9.85. The topological polar surface area (TPSA) is 21.3 Å². The van der Waals surface area contributed by atoms with E-state index >= 15 is 0 Å². The molecule has 2 aliphatic rings. The SMILES string of the molecule is Brc1ccc2c(c1)C(NCC1CCC1)CCO2. The van der Waals surface area contributed by atoms with E-state index in [0.717, 1.165) is 35.7 Å². The van der Waals surface area contributed by atoms with Crippen LogP contribution in [0.3, 0.4) is 0 Å². The molecule has 0 saturated heterocycles. The van der Waals surface area contributed by atoms with Crippen LogP contribution in [0.2, 0.25) is 0 Å². The maximum atomic E-state index is 5.69. The lowest BCUT2D eigenvalue weighted by Crippen LogP contribution is -2.33. The molecule has 0 amide bonds. The van der Waals surface area contributed by atoms with Crippen molar-refractivity contribution in [3.63, 3.8) is 0 Å². The number of ether oxygens (including phenoxy) is 1. The first-order chi connectivity index (χ1) is 8.33. The molecule has 1 heterocycles. The summed E-state index contributed by atoms with van der Waals surface area (Å²) >= 11 is 3.54. The summed E-state index contributed by atoms with van der Waals surface area (Å²) in [6.45, 7) is 1.99. The van der Waals surface area contributed by atoms with E-state index in [0.29, 0.717) is 6.04 Å². The van der Waals surface area contributed by atoms with E-state index in [1.807, 2.05) is 6.07 Å². The van der Waals surface area contributed by atoms with Crippen LogP contribution in [0.15, 0.2) is 22.7 Å². The largest absolute Gasteiger partial charge is 0.493 e. The summed E-state index contributed by atoms with van der Waals surface area (Å²) in [4.78, 5) is 0. The van der Waals surface area contributed by atoms with E-state index in [2.05, 4.69) is 33.4 Å². The van der Waals surface area contributed by atoms with Crippen molar-refractivity contribution in [2.75, 3.05) is 13.2 Å². The molecule has 1 aliphatic carbocycles. The van der Waals surface area contributed by atoms with Crippen molar-refractivity contribution in [3.05, 3.63) is 28.2 Å². The first-order valence-electron chi connectivity index (χ1n) is 6.48. The van der Waals surface area contributed by atoms with Gasteiger partial charge in [0, 0.05) is 22.5 Å². The maximum Gasteiger partial charge on any atom is 0.124 e. The first kappa shape index (κ1) is 11.5. The van der Waals surface area contributed by atoms with Crippen LogP contribution >= 0.6 is 15.9 Å². The van der Waals surface area contributed by atoms with Gasteiger partial charge < -0.3 is 10.1 Å². The summed E-state index contributed by atoms with van der Waals surface area (Å²) in [6.07, 6.45) is 5.31. The molecule has 0 bridgehead atoms. The molecule has 1 atom stereocenters. The average molecular weight is 296 g/mol. The third-order valence-electron chi connectivity index (χ3n) is 3.89. The Kier molecular flexibility index (Phi) is 3.39. The molecule has 0 radical (unpaired) electrons. The Bertz CT molecular complexity index is 403. The second kappa shape index (κ2) is 4.99. The van der Waals surface area contributed by atoms with Crippen LogP contribution in [-0.2, 0) is 0 Å². The summed E-state index contributed by atoms with van der Waals surface area (Å²) in [5.41, 5.74) is 1.31. The average Bonchev–Trinajstić information content (AvgIpc) is 2.27. The molecular formula is C14H18BrNO. The van der Waals surface area contributed by atoms with Gasteiger partial charge in [0.2, 0.25) is 0 Å². The number of fused-ring (bicyclic) bond motifs is 1. The number of nitrogens with one attached hydrogen (secondary N) is 1. The van der Waals surface area contributed by atoms with Crippen molar-refractivity contribution in [2.24, 2.45) is 5.92 Å². The molecular weight excluding hydrogens is 278 g/mol. The molecule has 1 N–H and O–H groups in total. The fourth-order valence-corrected chi connectivity index (χ4v) is 2.96. The van der Waals surface area contributed by atoms with Crippen molar-refractivity contribution < 1.29 is 4.74 Å². The minimum Gasteiger partial charge on any atom is -0.493 e. The molecule has 0 spiro atoms. The standard InChI is InChI=1S/C14H18BrNO/c15-11-4-5-14-12(8-11)13(6-7-17-14)16-9-10-2-1-3-10/h4-5,8,10,13,16H,1-3,6-7,9H2. The van der Waals surface area contributed by atoms with Crippen LogP contribution < -0.4 is 10.1 Å². The van der Waals surface area contributed by atoms with Crippen molar-refractivity contribution in [1.82, 2.24) is 5.32 Å². The lowest BCUT2D eigenvalue weighted by Gasteiger charge is -2.31. The van der Waals surface area contributed by atoms with Gasteiger partial charge in [-0.25, -0.2) is 0 Å². The van der Waals surface area contributed by atoms with Crippen LogP contribution in [0, 0.1) is 5.92 Å². The third kappa shape index (κ3) is 2.50. The van der Waals surface area contributed by atoms with E-state index in [9.17, 15) is 0 Å². The second-order valence-corrected chi connectivity index (χ2v) is 5.99. The Morgan fingerprint density at radius 2 is 2.18 bits per heavy atom. The monoisotopic (exact) mass is 295 g/mol. The van der Waals surface area contributed by atoms with Gasteiger partial charge in [-0.15, -0.1) is 0 Å². The third-order valence-corrected chi connectivity index (χ3v) is 4.38.